The van der Waals surface area contributed by atoms with Crippen molar-refractivity contribution in [2.75, 3.05) is 7.11 Å². The van der Waals surface area contributed by atoms with Gasteiger partial charge in [0.05, 0.1) is 35.3 Å². The van der Waals surface area contributed by atoms with Crippen molar-refractivity contribution in [2.45, 2.75) is 70.9 Å². The number of thiazole rings is 1. The Morgan fingerprint density at radius 2 is 1.58 bits per heavy atom. The number of aromatic nitrogens is 2. The van der Waals surface area contributed by atoms with Gasteiger partial charge in [-0.15, -0.1) is 11.3 Å². The van der Waals surface area contributed by atoms with Gasteiger partial charge in [-0.2, -0.15) is 0 Å². The van der Waals surface area contributed by atoms with Crippen LogP contribution in [0.4, 0.5) is 9.59 Å². The summed E-state index contributed by atoms with van der Waals surface area (Å²) >= 11 is 1.36. The zero-order valence-corrected chi connectivity index (χ0v) is 28.4. The standard InChI is InChI=1S/C36H43N5O6S/c1-36(2,3)32(41-35(45)47-22-28-21-37-23-48-28)33(43)40-30(19-24-10-6-5-7-11-24)31(42)20-27(39-34(44)46-4)18-25-13-15-26(16-14-25)29-12-8-9-17-38-29/h5-17,21,23,27,30-32,42H,18-20,22H2,1-4H3,(H,39,44)(H,40,43)(H,41,45). The quantitative estimate of drug-likeness (QED) is 0.141. The number of methoxy groups -OCH3 is 1. The van der Waals surface area contributed by atoms with Crippen LogP contribution in [0, 0.1) is 5.41 Å². The fraction of sp³-hybridized carbons (Fsp3) is 0.361. The Morgan fingerprint density at radius 3 is 2.21 bits per heavy atom. The number of pyridine rings is 1. The van der Waals surface area contributed by atoms with Gasteiger partial charge in [0.2, 0.25) is 5.91 Å². The zero-order chi connectivity index (χ0) is 34.5. The molecule has 4 rings (SSSR count). The molecule has 0 aliphatic rings. The van der Waals surface area contributed by atoms with E-state index in [-0.39, 0.29) is 13.0 Å². The number of carbonyl (C=O) groups excluding carboxylic acids is 3. The van der Waals surface area contributed by atoms with Gasteiger partial charge in [-0.05, 0) is 47.9 Å². The van der Waals surface area contributed by atoms with Gasteiger partial charge in [-0.1, -0.05) is 81.4 Å². The zero-order valence-electron chi connectivity index (χ0n) is 27.6. The molecule has 48 heavy (non-hydrogen) atoms. The van der Waals surface area contributed by atoms with Crippen LogP contribution >= 0.6 is 11.3 Å². The van der Waals surface area contributed by atoms with Crippen LogP contribution in [0.3, 0.4) is 0 Å². The molecule has 12 heteroatoms. The molecule has 11 nitrogen and oxygen atoms in total. The van der Waals surface area contributed by atoms with E-state index in [1.54, 1.807) is 17.9 Å². The number of carbonyl (C=O) groups is 3. The molecule has 3 amide bonds. The van der Waals surface area contributed by atoms with Gasteiger partial charge in [0.15, 0.2) is 0 Å². The normalized spacial score (nSPS) is 13.8. The molecule has 0 aliphatic carbocycles. The lowest BCUT2D eigenvalue weighted by atomic mass is 9.85. The summed E-state index contributed by atoms with van der Waals surface area (Å²) in [5.41, 5.74) is 4.59. The maximum Gasteiger partial charge on any atom is 0.408 e. The summed E-state index contributed by atoms with van der Waals surface area (Å²) < 4.78 is 10.2. The lowest BCUT2D eigenvalue weighted by Crippen LogP contribution is -2.58. The highest BCUT2D eigenvalue weighted by atomic mass is 32.1. The first kappa shape index (κ1) is 36.0. The molecule has 0 spiro atoms. The molecule has 0 saturated heterocycles. The van der Waals surface area contributed by atoms with Crippen LogP contribution in [0.5, 0.6) is 0 Å². The van der Waals surface area contributed by atoms with Crippen LogP contribution < -0.4 is 16.0 Å². The largest absolute Gasteiger partial charge is 0.453 e. The molecule has 0 saturated carbocycles. The summed E-state index contributed by atoms with van der Waals surface area (Å²) in [6.07, 6.45) is 1.72. The first-order valence-electron chi connectivity index (χ1n) is 15.7. The van der Waals surface area contributed by atoms with Crippen LogP contribution in [0.1, 0.15) is 43.2 Å². The maximum absolute atomic E-state index is 13.8. The van der Waals surface area contributed by atoms with E-state index >= 15 is 0 Å². The lowest BCUT2D eigenvalue weighted by Gasteiger charge is -2.33. The van der Waals surface area contributed by atoms with Crippen molar-refractivity contribution in [3.05, 3.63) is 107 Å². The SMILES string of the molecule is COC(=O)NC(Cc1ccc(-c2ccccn2)cc1)CC(O)C(Cc1ccccc1)NC(=O)C(NC(=O)OCc1cncs1)C(C)(C)C. The van der Waals surface area contributed by atoms with Crippen LogP contribution in [0.2, 0.25) is 0 Å². The van der Waals surface area contributed by atoms with Crippen molar-refractivity contribution in [3.63, 3.8) is 0 Å². The Labute approximate surface area is 285 Å². The van der Waals surface area contributed by atoms with Gasteiger partial charge < -0.3 is 30.5 Å². The van der Waals surface area contributed by atoms with E-state index < -0.39 is 47.7 Å². The van der Waals surface area contributed by atoms with Crippen LogP contribution in [0.15, 0.2) is 90.7 Å². The van der Waals surface area contributed by atoms with Crippen molar-refractivity contribution >= 4 is 29.4 Å². The molecule has 4 unspecified atom stereocenters. The average molecular weight is 674 g/mol. The van der Waals surface area contributed by atoms with Gasteiger partial charge in [-0.25, -0.2) is 9.59 Å². The molecule has 4 atom stereocenters. The molecule has 0 radical (unpaired) electrons. The second-order valence-electron chi connectivity index (χ2n) is 12.5. The molecule has 0 bridgehead atoms. The Hall–Kier alpha value is -4.81. The third-order valence-corrected chi connectivity index (χ3v) is 8.49. The van der Waals surface area contributed by atoms with E-state index in [1.807, 2.05) is 93.6 Å². The summed E-state index contributed by atoms with van der Waals surface area (Å²) in [6, 6.07) is 20.8. The number of hydrogen-bond donors (Lipinski definition) is 4. The Kier molecular flexibility index (Phi) is 13.0. The van der Waals surface area contributed by atoms with Crippen LogP contribution in [0.25, 0.3) is 11.3 Å². The summed E-state index contributed by atoms with van der Waals surface area (Å²) in [5.74, 6) is -0.472. The second kappa shape index (κ2) is 17.4. The fourth-order valence-corrected chi connectivity index (χ4v) is 5.71. The average Bonchev–Trinajstić information content (AvgIpc) is 3.60. The predicted octanol–water partition coefficient (Wildman–Crippen LogP) is 5.29. The van der Waals surface area contributed by atoms with Gasteiger partial charge in [-0.3, -0.25) is 14.8 Å². The molecule has 2 heterocycles. The van der Waals surface area contributed by atoms with E-state index in [1.165, 1.54) is 18.4 Å². The number of aliphatic hydroxyl groups excluding tert-OH is 1. The highest BCUT2D eigenvalue weighted by molar-refractivity contribution is 7.09. The Balaban J connectivity index is 1.50. The highest BCUT2D eigenvalue weighted by Gasteiger charge is 2.36. The number of benzene rings is 2. The topological polar surface area (TPSA) is 152 Å². The summed E-state index contributed by atoms with van der Waals surface area (Å²) in [5, 5.41) is 20.2. The van der Waals surface area contributed by atoms with E-state index in [0.29, 0.717) is 12.8 Å². The molecule has 2 aromatic heterocycles. The Morgan fingerprint density at radius 1 is 0.875 bits per heavy atom. The minimum atomic E-state index is -1.08. The van der Waals surface area contributed by atoms with Gasteiger partial charge in [0, 0.05) is 24.0 Å². The minimum Gasteiger partial charge on any atom is -0.453 e. The lowest BCUT2D eigenvalue weighted by molar-refractivity contribution is -0.127. The van der Waals surface area contributed by atoms with Crippen LogP contribution in [-0.4, -0.2) is 64.5 Å². The smallest absolute Gasteiger partial charge is 0.408 e. The summed E-state index contributed by atoms with van der Waals surface area (Å²) in [7, 11) is 1.28. The van der Waals surface area contributed by atoms with Crippen LogP contribution in [-0.2, 0) is 33.7 Å². The number of ether oxygens (including phenoxy) is 2. The highest BCUT2D eigenvalue weighted by Crippen LogP contribution is 2.22. The van der Waals surface area contributed by atoms with E-state index in [2.05, 4.69) is 25.9 Å². The number of hydrogen-bond acceptors (Lipinski definition) is 9. The number of aliphatic hydroxyl groups is 1. The van der Waals surface area contributed by atoms with E-state index in [4.69, 9.17) is 9.47 Å². The van der Waals surface area contributed by atoms with Crippen molar-refractivity contribution in [1.82, 2.24) is 25.9 Å². The first-order chi connectivity index (χ1) is 23.0. The molecule has 0 fully saturated rings. The third kappa shape index (κ3) is 11.2. The predicted molar refractivity (Wildman–Crippen MR) is 184 cm³/mol. The summed E-state index contributed by atoms with van der Waals surface area (Å²) in [4.78, 5) is 48.0. The molecular formula is C36H43N5O6S. The number of nitrogens with one attached hydrogen (secondary N) is 3. The maximum atomic E-state index is 13.8. The molecule has 0 aliphatic heterocycles. The van der Waals surface area contributed by atoms with E-state index in [9.17, 15) is 19.5 Å². The molecule has 4 aromatic rings. The number of nitrogens with zero attached hydrogens (tertiary/aromatic N) is 2. The minimum absolute atomic E-state index is 0.0325. The molecular weight excluding hydrogens is 630 g/mol. The van der Waals surface area contributed by atoms with Gasteiger partial charge >= 0.3 is 12.2 Å². The van der Waals surface area contributed by atoms with Crippen molar-refractivity contribution in [2.24, 2.45) is 5.41 Å². The van der Waals surface area contributed by atoms with Crippen molar-refractivity contribution in [3.8, 4) is 11.3 Å². The molecule has 254 valence electrons. The number of rotatable bonds is 14. The van der Waals surface area contributed by atoms with Gasteiger partial charge in [0.1, 0.15) is 12.6 Å². The van der Waals surface area contributed by atoms with Gasteiger partial charge in [0.25, 0.3) is 0 Å². The second-order valence-corrected chi connectivity index (χ2v) is 13.5. The first-order valence-corrected chi connectivity index (χ1v) is 16.6. The number of amides is 3. The van der Waals surface area contributed by atoms with Crippen molar-refractivity contribution < 1.29 is 29.0 Å². The monoisotopic (exact) mass is 673 g/mol. The van der Waals surface area contributed by atoms with E-state index in [0.717, 1.165) is 27.3 Å². The summed E-state index contributed by atoms with van der Waals surface area (Å²) in [6.45, 7) is 5.53. The Bertz CT molecular complexity index is 1580. The number of alkyl carbamates (subject to hydrolysis) is 2. The third-order valence-electron chi connectivity index (χ3n) is 7.74. The van der Waals surface area contributed by atoms with Crippen molar-refractivity contribution in [1.29, 1.82) is 0 Å². The molecule has 2 aromatic carbocycles. The molecule has 4 N–H and O–H groups in total. The fourth-order valence-electron chi connectivity index (χ4n) is 5.21.